The van der Waals surface area contributed by atoms with Crippen LogP contribution >= 0.6 is 0 Å². The number of halogens is 8. The lowest BCUT2D eigenvalue weighted by Gasteiger charge is -2.15. The molecule has 2 rings (SSSR count). The molecular formula is C21H15F8N. The van der Waals surface area contributed by atoms with Crippen LogP contribution in [0.5, 0.6) is 0 Å². The molecule has 0 fully saturated rings. The number of allylic oxidation sites excluding steroid dienone is 2. The first-order chi connectivity index (χ1) is 13.7. The summed E-state index contributed by atoms with van der Waals surface area (Å²) in [6, 6.07) is 5.08. The Hall–Kier alpha value is -2.89. The third kappa shape index (κ3) is 5.38. The Kier molecular flexibility index (Phi) is 6.60. The summed E-state index contributed by atoms with van der Waals surface area (Å²) in [5, 5.41) is 8.94. The number of rotatable bonds is 4. The van der Waals surface area contributed by atoms with Gasteiger partial charge >= 0.3 is 12.4 Å². The molecule has 9 heteroatoms. The van der Waals surface area contributed by atoms with Crippen LogP contribution < -0.4 is 0 Å². The maximum absolute atomic E-state index is 14.2. The maximum Gasteiger partial charge on any atom is 0.416 e. The Bertz CT molecular complexity index is 991. The highest BCUT2D eigenvalue weighted by Crippen LogP contribution is 2.36. The quantitative estimate of drug-likeness (QED) is 0.373. The Labute approximate surface area is 167 Å². The second-order valence-corrected chi connectivity index (χ2v) is 6.71. The van der Waals surface area contributed by atoms with Gasteiger partial charge in [-0.25, -0.2) is 8.78 Å². The molecule has 0 saturated carbocycles. The number of aryl methyl sites for hydroxylation is 2. The van der Waals surface area contributed by atoms with Crippen molar-refractivity contribution in [3.05, 3.63) is 75.4 Å². The number of alkyl halides is 6. The van der Waals surface area contributed by atoms with E-state index in [1.54, 1.807) is 0 Å². The van der Waals surface area contributed by atoms with Gasteiger partial charge in [0.25, 0.3) is 0 Å². The zero-order chi connectivity index (χ0) is 22.9. The molecule has 1 nitrogen and oxygen atoms in total. The molecular weight excluding hydrogens is 418 g/mol. The molecule has 0 unspecified atom stereocenters. The molecule has 0 amide bonds. The fourth-order valence-electron chi connectivity index (χ4n) is 2.79. The summed E-state index contributed by atoms with van der Waals surface area (Å²) < 4.78 is 106. The number of hydrogen-bond donors (Lipinski definition) is 0. The summed E-state index contributed by atoms with van der Waals surface area (Å²) >= 11 is 0. The smallest absolute Gasteiger partial charge is 0.204 e. The summed E-state index contributed by atoms with van der Waals surface area (Å²) in [6.45, 7) is 2.98. The lowest BCUT2D eigenvalue weighted by Crippen LogP contribution is -2.12. The number of nitriles is 1. The van der Waals surface area contributed by atoms with Gasteiger partial charge in [-0.3, -0.25) is 0 Å². The van der Waals surface area contributed by atoms with Crippen molar-refractivity contribution < 1.29 is 35.1 Å². The molecule has 0 atom stereocenters. The van der Waals surface area contributed by atoms with Gasteiger partial charge in [0.1, 0.15) is 0 Å². The summed E-state index contributed by atoms with van der Waals surface area (Å²) in [6.07, 6.45) is -10.7. The van der Waals surface area contributed by atoms with Gasteiger partial charge in [0.15, 0.2) is 11.6 Å². The molecule has 0 aromatic heterocycles. The van der Waals surface area contributed by atoms with E-state index in [9.17, 15) is 35.1 Å². The fraction of sp³-hybridized carbons (Fsp3) is 0.286. The third-order valence-electron chi connectivity index (χ3n) is 4.60. The normalized spacial score (nSPS) is 13.1. The second kappa shape index (κ2) is 8.46. The number of hydrogen-bond acceptors (Lipinski definition) is 1. The Morgan fingerprint density at radius 3 is 1.83 bits per heavy atom. The molecule has 160 valence electrons. The van der Waals surface area contributed by atoms with Crippen LogP contribution in [-0.4, -0.2) is 0 Å². The largest absolute Gasteiger partial charge is 0.416 e. The summed E-state index contributed by atoms with van der Waals surface area (Å²) in [5.74, 6) is -2.48. The SMILES string of the molecule is C/C(C#N)=C(\C)c1cc(F)c(F)c(CCc2cc(C(F)(F)F)cc(C(F)(F)F)c2)c1. The van der Waals surface area contributed by atoms with Crippen molar-refractivity contribution in [2.24, 2.45) is 0 Å². The van der Waals surface area contributed by atoms with Crippen LogP contribution in [0.3, 0.4) is 0 Å². The number of nitrogens with zero attached hydrogens (tertiary/aromatic N) is 1. The van der Waals surface area contributed by atoms with Gasteiger partial charge in [-0.2, -0.15) is 31.6 Å². The van der Waals surface area contributed by atoms with Gasteiger partial charge < -0.3 is 0 Å². The lowest BCUT2D eigenvalue weighted by atomic mass is 9.95. The average molecular weight is 433 g/mol. The lowest BCUT2D eigenvalue weighted by molar-refractivity contribution is -0.143. The molecule has 0 radical (unpaired) electrons. The van der Waals surface area contributed by atoms with Crippen molar-refractivity contribution in [3.8, 4) is 6.07 Å². The van der Waals surface area contributed by atoms with Crippen LogP contribution in [0.4, 0.5) is 35.1 Å². The van der Waals surface area contributed by atoms with Crippen molar-refractivity contribution in [3.63, 3.8) is 0 Å². The van der Waals surface area contributed by atoms with E-state index in [1.807, 2.05) is 6.07 Å². The standard InChI is InChI=1S/C21H15F8N/c1-11(10-30)12(2)15-7-14(19(23)18(22)8-15)4-3-13-5-16(20(24,25)26)9-17(6-13)21(27,28)29/h5-9H,3-4H2,1-2H3/b12-11-. The van der Waals surface area contributed by atoms with E-state index in [0.29, 0.717) is 17.7 Å². The van der Waals surface area contributed by atoms with E-state index in [4.69, 9.17) is 5.26 Å². The van der Waals surface area contributed by atoms with Crippen LogP contribution in [0.25, 0.3) is 5.57 Å². The van der Waals surface area contributed by atoms with E-state index in [2.05, 4.69) is 0 Å². The predicted octanol–water partition coefficient (Wildman–Crippen LogP) is 7.10. The molecule has 0 bridgehead atoms. The summed E-state index contributed by atoms with van der Waals surface area (Å²) in [4.78, 5) is 0. The fourth-order valence-corrected chi connectivity index (χ4v) is 2.79. The Morgan fingerprint density at radius 1 is 0.833 bits per heavy atom. The van der Waals surface area contributed by atoms with Crippen LogP contribution in [0.15, 0.2) is 35.9 Å². The maximum atomic E-state index is 14.2. The molecule has 0 aliphatic heterocycles. The molecule has 0 aliphatic rings. The van der Waals surface area contributed by atoms with Crippen molar-refractivity contribution in [2.45, 2.75) is 39.0 Å². The van der Waals surface area contributed by atoms with Gasteiger partial charge in [0.05, 0.1) is 17.2 Å². The predicted molar refractivity (Wildman–Crippen MR) is 94.1 cm³/mol. The third-order valence-corrected chi connectivity index (χ3v) is 4.60. The van der Waals surface area contributed by atoms with E-state index in [-0.39, 0.29) is 41.2 Å². The second-order valence-electron chi connectivity index (χ2n) is 6.71. The topological polar surface area (TPSA) is 23.8 Å². The highest BCUT2D eigenvalue weighted by atomic mass is 19.4. The van der Waals surface area contributed by atoms with Gasteiger partial charge in [-0.05, 0) is 79.3 Å². The van der Waals surface area contributed by atoms with Crippen LogP contribution in [0, 0.1) is 23.0 Å². The first kappa shape index (κ1) is 23.4. The van der Waals surface area contributed by atoms with Crippen molar-refractivity contribution in [1.82, 2.24) is 0 Å². The summed E-state index contributed by atoms with van der Waals surface area (Å²) in [7, 11) is 0. The van der Waals surface area contributed by atoms with E-state index >= 15 is 0 Å². The Morgan fingerprint density at radius 2 is 1.37 bits per heavy atom. The van der Waals surface area contributed by atoms with Crippen molar-refractivity contribution in [1.29, 1.82) is 5.26 Å². The molecule has 2 aromatic carbocycles. The van der Waals surface area contributed by atoms with Crippen LogP contribution in [0.2, 0.25) is 0 Å². The van der Waals surface area contributed by atoms with Crippen LogP contribution in [-0.2, 0) is 25.2 Å². The Balaban J connectivity index is 2.44. The summed E-state index contributed by atoms with van der Waals surface area (Å²) in [5.41, 5.74) is -2.67. The van der Waals surface area contributed by atoms with Gasteiger partial charge in [-0.15, -0.1) is 0 Å². The first-order valence-corrected chi connectivity index (χ1v) is 8.58. The average Bonchev–Trinajstić information content (AvgIpc) is 2.66. The van der Waals surface area contributed by atoms with Gasteiger partial charge in [0.2, 0.25) is 0 Å². The highest BCUT2D eigenvalue weighted by Gasteiger charge is 2.36. The zero-order valence-electron chi connectivity index (χ0n) is 15.8. The first-order valence-electron chi connectivity index (χ1n) is 8.58. The molecule has 2 aromatic rings. The van der Waals surface area contributed by atoms with E-state index in [1.165, 1.54) is 19.9 Å². The van der Waals surface area contributed by atoms with E-state index < -0.39 is 35.1 Å². The molecule has 30 heavy (non-hydrogen) atoms. The molecule has 0 N–H and O–H groups in total. The molecule has 0 aliphatic carbocycles. The minimum atomic E-state index is -5.00. The minimum Gasteiger partial charge on any atom is -0.204 e. The van der Waals surface area contributed by atoms with Crippen LogP contribution in [0.1, 0.15) is 41.7 Å². The monoisotopic (exact) mass is 433 g/mol. The zero-order valence-corrected chi connectivity index (χ0v) is 15.8. The van der Waals surface area contributed by atoms with Gasteiger partial charge in [-0.1, -0.05) is 0 Å². The minimum absolute atomic E-state index is 0.00317. The number of benzene rings is 2. The highest BCUT2D eigenvalue weighted by molar-refractivity contribution is 5.70. The molecule has 0 heterocycles. The van der Waals surface area contributed by atoms with Gasteiger partial charge in [0, 0.05) is 5.57 Å². The van der Waals surface area contributed by atoms with E-state index in [0.717, 1.165) is 6.07 Å². The molecule has 0 saturated heterocycles. The van der Waals surface area contributed by atoms with Crippen molar-refractivity contribution in [2.75, 3.05) is 0 Å². The molecule has 0 spiro atoms. The van der Waals surface area contributed by atoms with Crippen molar-refractivity contribution >= 4 is 5.57 Å².